The zero-order valence-corrected chi connectivity index (χ0v) is 16.8. The topological polar surface area (TPSA) is 82.5 Å². The van der Waals surface area contributed by atoms with Crippen LogP contribution < -0.4 is 20.3 Å². The van der Waals surface area contributed by atoms with Crippen LogP contribution in [0.3, 0.4) is 0 Å². The maximum Gasteiger partial charge on any atom is 0.261 e. The zero-order valence-electron chi connectivity index (χ0n) is 16.8. The van der Waals surface area contributed by atoms with Crippen LogP contribution in [0.4, 0.5) is 0 Å². The van der Waals surface area contributed by atoms with E-state index in [1.165, 1.54) is 10.9 Å². The lowest BCUT2D eigenvalue weighted by molar-refractivity contribution is -0.122. The normalized spacial score (nSPS) is 11.8. The van der Waals surface area contributed by atoms with Crippen molar-refractivity contribution < 1.29 is 14.3 Å². The third-order valence-electron chi connectivity index (χ3n) is 4.49. The molecule has 152 valence electrons. The Labute approximate surface area is 169 Å². The average Bonchev–Trinajstić information content (AvgIpc) is 2.72. The molecule has 1 aromatic heterocycles. The Morgan fingerprint density at radius 1 is 1.10 bits per heavy atom. The average molecular weight is 395 g/mol. The summed E-state index contributed by atoms with van der Waals surface area (Å²) in [6.45, 7) is 6.66. The van der Waals surface area contributed by atoms with Crippen molar-refractivity contribution in [3.63, 3.8) is 0 Å². The molecule has 0 radical (unpaired) electrons. The van der Waals surface area contributed by atoms with Crippen LogP contribution in [0, 0.1) is 0 Å². The predicted molar refractivity (Wildman–Crippen MR) is 111 cm³/mol. The molecule has 0 aliphatic carbocycles. The second kappa shape index (κ2) is 9.23. The molecule has 1 atom stereocenters. The first kappa shape index (κ1) is 20.4. The number of fused-ring (bicyclic) bond motifs is 1. The van der Waals surface area contributed by atoms with E-state index in [2.05, 4.69) is 10.3 Å². The number of carbonyl (C=O) groups is 1. The highest BCUT2D eigenvalue weighted by atomic mass is 16.5. The number of hydrogen-bond donors (Lipinski definition) is 1. The molecular weight excluding hydrogens is 370 g/mol. The van der Waals surface area contributed by atoms with Crippen LogP contribution in [0.5, 0.6) is 11.5 Å². The van der Waals surface area contributed by atoms with E-state index in [0.717, 1.165) is 5.56 Å². The molecule has 2 aromatic carbocycles. The van der Waals surface area contributed by atoms with Gasteiger partial charge < -0.3 is 14.8 Å². The van der Waals surface area contributed by atoms with Gasteiger partial charge in [0.2, 0.25) is 5.91 Å². The van der Waals surface area contributed by atoms with Gasteiger partial charge in [0, 0.05) is 0 Å². The summed E-state index contributed by atoms with van der Waals surface area (Å²) in [5.41, 5.74) is 1.26. The minimum absolute atomic E-state index is 0.101. The standard InChI is InChI=1S/C22H25N3O4/c1-4-28-19-11-10-16(12-20(19)29-5-2)15(3)24-21(26)13-25-14-23-18-9-7-6-8-17(18)22(25)27/h6-12,14-15H,4-5,13H2,1-3H3,(H,24,26)/t15-/m0/s1. The van der Waals surface area contributed by atoms with Crippen LogP contribution in [0.1, 0.15) is 32.4 Å². The number of para-hydroxylation sites is 1. The fourth-order valence-electron chi connectivity index (χ4n) is 3.08. The summed E-state index contributed by atoms with van der Waals surface area (Å²) in [4.78, 5) is 29.3. The van der Waals surface area contributed by atoms with Crippen molar-refractivity contribution in [1.29, 1.82) is 0 Å². The number of nitrogens with one attached hydrogen (secondary N) is 1. The fraction of sp³-hybridized carbons (Fsp3) is 0.318. The highest BCUT2D eigenvalue weighted by Gasteiger charge is 2.14. The first-order valence-electron chi connectivity index (χ1n) is 9.66. The second-order valence-electron chi connectivity index (χ2n) is 6.56. The van der Waals surface area contributed by atoms with E-state index >= 15 is 0 Å². The lowest BCUT2D eigenvalue weighted by Gasteiger charge is -2.18. The number of ether oxygens (including phenoxy) is 2. The summed E-state index contributed by atoms with van der Waals surface area (Å²) < 4.78 is 12.5. The minimum Gasteiger partial charge on any atom is -0.490 e. The second-order valence-corrected chi connectivity index (χ2v) is 6.56. The van der Waals surface area contributed by atoms with E-state index in [9.17, 15) is 9.59 Å². The molecule has 1 N–H and O–H groups in total. The van der Waals surface area contributed by atoms with Gasteiger partial charge in [-0.1, -0.05) is 18.2 Å². The molecule has 1 heterocycles. The largest absolute Gasteiger partial charge is 0.490 e. The number of aromatic nitrogens is 2. The Morgan fingerprint density at radius 3 is 2.59 bits per heavy atom. The van der Waals surface area contributed by atoms with Gasteiger partial charge in [-0.2, -0.15) is 0 Å². The Morgan fingerprint density at radius 2 is 1.83 bits per heavy atom. The molecule has 0 aliphatic rings. The summed E-state index contributed by atoms with van der Waals surface area (Å²) in [6.07, 6.45) is 1.40. The van der Waals surface area contributed by atoms with Crippen LogP contribution in [0.25, 0.3) is 10.9 Å². The number of benzene rings is 2. The minimum atomic E-state index is -0.275. The Bertz CT molecular complexity index is 1060. The molecule has 3 aromatic rings. The van der Waals surface area contributed by atoms with Gasteiger partial charge >= 0.3 is 0 Å². The number of nitrogens with zero attached hydrogens (tertiary/aromatic N) is 2. The van der Waals surface area contributed by atoms with Crippen molar-refractivity contribution in [2.24, 2.45) is 0 Å². The zero-order chi connectivity index (χ0) is 20.8. The summed E-state index contributed by atoms with van der Waals surface area (Å²) in [6, 6.07) is 12.4. The van der Waals surface area contributed by atoms with Crippen molar-refractivity contribution in [2.75, 3.05) is 13.2 Å². The lowest BCUT2D eigenvalue weighted by Crippen LogP contribution is -2.34. The van der Waals surface area contributed by atoms with Gasteiger partial charge in [0.05, 0.1) is 36.5 Å². The monoisotopic (exact) mass is 395 g/mol. The third-order valence-corrected chi connectivity index (χ3v) is 4.49. The number of hydrogen-bond acceptors (Lipinski definition) is 5. The van der Waals surface area contributed by atoms with Crippen molar-refractivity contribution in [3.8, 4) is 11.5 Å². The number of rotatable bonds is 8. The Hall–Kier alpha value is -3.35. The third kappa shape index (κ3) is 4.74. The molecule has 0 spiro atoms. The Kier molecular flexibility index (Phi) is 6.49. The first-order chi connectivity index (χ1) is 14.0. The molecule has 0 unspecified atom stereocenters. The van der Waals surface area contributed by atoms with Crippen LogP contribution in [0.15, 0.2) is 53.6 Å². The molecule has 29 heavy (non-hydrogen) atoms. The summed E-state index contributed by atoms with van der Waals surface area (Å²) >= 11 is 0. The molecule has 0 saturated heterocycles. The van der Waals surface area contributed by atoms with Gasteiger partial charge in [0.15, 0.2) is 11.5 Å². The number of carbonyl (C=O) groups excluding carboxylic acids is 1. The molecule has 0 aliphatic heterocycles. The summed E-state index contributed by atoms with van der Waals surface area (Å²) in [5, 5.41) is 3.41. The Balaban J connectivity index is 1.73. The van der Waals surface area contributed by atoms with Crippen molar-refractivity contribution in [2.45, 2.75) is 33.4 Å². The molecule has 0 saturated carbocycles. The summed E-state index contributed by atoms with van der Waals surface area (Å²) in [7, 11) is 0. The highest BCUT2D eigenvalue weighted by Crippen LogP contribution is 2.30. The SMILES string of the molecule is CCOc1ccc([C@H](C)NC(=O)Cn2cnc3ccccc3c2=O)cc1OCC. The predicted octanol–water partition coefficient (Wildman–Crippen LogP) is 3.07. The molecule has 0 fully saturated rings. The molecule has 3 rings (SSSR count). The van der Waals surface area contributed by atoms with E-state index in [4.69, 9.17) is 9.47 Å². The first-order valence-corrected chi connectivity index (χ1v) is 9.66. The van der Waals surface area contributed by atoms with Gasteiger partial charge in [-0.05, 0) is 50.6 Å². The molecule has 0 bridgehead atoms. The maximum atomic E-state index is 12.5. The van der Waals surface area contributed by atoms with Gasteiger partial charge in [-0.15, -0.1) is 0 Å². The van der Waals surface area contributed by atoms with Gasteiger partial charge in [-0.25, -0.2) is 4.98 Å². The van der Waals surface area contributed by atoms with Gasteiger partial charge in [0.1, 0.15) is 6.54 Å². The van der Waals surface area contributed by atoms with Crippen LogP contribution >= 0.6 is 0 Å². The smallest absolute Gasteiger partial charge is 0.261 e. The van der Waals surface area contributed by atoms with Crippen molar-refractivity contribution in [1.82, 2.24) is 14.9 Å². The lowest BCUT2D eigenvalue weighted by atomic mass is 10.1. The van der Waals surface area contributed by atoms with E-state index in [1.807, 2.05) is 45.0 Å². The molecular formula is C22H25N3O4. The van der Waals surface area contributed by atoms with Crippen molar-refractivity contribution in [3.05, 3.63) is 64.7 Å². The van der Waals surface area contributed by atoms with Crippen LogP contribution in [-0.4, -0.2) is 28.7 Å². The molecule has 7 nitrogen and oxygen atoms in total. The fourth-order valence-corrected chi connectivity index (χ4v) is 3.08. The number of amides is 1. The quantitative estimate of drug-likeness (QED) is 0.634. The maximum absolute atomic E-state index is 12.5. The molecule has 7 heteroatoms. The van der Waals surface area contributed by atoms with Crippen LogP contribution in [0.2, 0.25) is 0 Å². The van der Waals surface area contributed by atoms with E-state index in [1.54, 1.807) is 18.2 Å². The van der Waals surface area contributed by atoms with E-state index in [-0.39, 0.29) is 24.1 Å². The van der Waals surface area contributed by atoms with Gasteiger partial charge in [0.25, 0.3) is 5.56 Å². The highest BCUT2D eigenvalue weighted by molar-refractivity contribution is 5.79. The molecule has 1 amide bonds. The van der Waals surface area contributed by atoms with E-state index < -0.39 is 0 Å². The van der Waals surface area contributed by atoms with E-state index in [0.29, 0.717) is 35.6 Å². The van der Waals surface area contributed by atoms with Gasteiger partial charge in [-0.3, -0.25) is 14.2 Å². The van der Waals surface area contributed by atoms with Crippen molar-refractivity contribution >= 4 is 16.8 Å². The summed E-state index contributed by atoms with van der Waals surface area (Å²) in [5.74, 6) is 1.04. The van der Waals surface area contributed by atoms with Crippen LogP contribution in [-0.2, 0) is 11.3 Å².